The number of likely N-dealkylation sites (N-methyl/N-ethyl adjacent to an activating group) is 1. The van der Waals surface area contributed by atoms with E-state index in [2.05, 4.69) is 22.3 Å². The van der Waals surface area contributed by atoms with Crippen LogP contribution in [0.3, 0.4) is 0 Å². The van der Waals surface area contributed by atoms with Gasteiger partial charge in [0.1, 0.15) is 0 Å². The lowest BCUT2D eigenvalue weighted by atomic mass is 10.2. The van der Waals surface area contributed by atoms with Crippen molar-refractivity contribution in [1.29, 1.82) is 0 Å². The number of hydrogen-bond donors (Lipinski definition) is 1. The first-order valence-corrected chi connectivity index (χ1v) is 8.11. The molecule has 1 atom stereocenters. The smallest absolute Gasteiger partial charge is 0.240 e. The summed E-state index contributed by atoms with van der Waals surface area (Å²) < 4.78 is 0. The van der Waals surface area contributed by atoms with E-state index < -0.39 is 0 Å². The standard InChI is InChI=1S/C15H23N3OS/c1-17(2)8-9-18(10-13-6-4-3-5-7-13)15(19)14-11-20-12-16-14/h3-7,14,16H,8-12H2,1-2H3. The first-order valence-electron chi connectivity index (χ1n) is 6.95. The molecule has 0 spiro atoms. The van der Waals surface area contributed by atoms with Gasteiger partial charge in [-0.25, -0.2) is 0 Å². The molecule has 2 rings (SSSR count). The maximum atomic E-state index is 12.6. The highest BCUT2D eigenvalue weighted by molar-refractivity contribution is 7.99. The molecular formula is C15H23N3OS. The lowest BCUT2D eigenvalue weighted by Crippen LogP contribution is -2.46. The molecule has 0 aliphatic carbocycles. The lowest BCUT2D eigenvalue weighted by Gasteiger charge is -2.27. The molecule has 1 aliphatic rings. The van der Waals surface area contributed by atoms with Crippen molar-refractivity contribution in [3.8, 4) is 0 Å². The molecule has 0 radical (unpaired) electrons. The van der Waals surface area contributed by atoms with Crippen LogP contribution in [-0.4, -0.2) is 60.6 Å². The van der Waals surface area contributed by atoms with Gasteiger partial charge in [0.2, 0.25) is 5.91 Å². The lowest BCUT2D eigenvalue weighted by molar-refractivity contribution is -0.133. The number of carbonyl (C=O) groups excluding carboxylic acids is 1. The molecule has 4 nitrogen and oxygen atoms in total. The van der Waals surface area contributed by atoms with Gasteiger partial charge in [-0.3, -0.25) is 10.1 Å². The van der Waals surface area contributed by atoms with Crippen LogP contribution in [0.1, 0.15) is 5.56 Å². The molecule has 1 amide bonds. The minimum absolute atomic E-state index is 0.0223. The molecule has 1 aromatic carbocycles. The number of nitrogens with zero attached hydrogens (tertiary/aromatic N) is 2. The monoisotopic (exact) mass is 293 g/mol. The second kappa shape index (κ2) is 7.67. The third-order valence-corrected chi connectivity index (χ3v) is 4.30. The molecule has 110 valence electrons. The summed E-state index contributed by atoms with van der Waals surface area (Å²) in [5.74, 6) is 1.98. The summed E-state index contributed by atoms with van der Waals surface area (Å²) in [6.07, 6.45) is 0. The largest absolute Gasteiger partial charge is 0.336 e. The maximum absolute atomic E-state index is 12.6. The first-order chi connectivity index (χ1) is 9.66. The number of rotatable bonds is 6. The fourth-order valence-electron chi connectivity index (χ4n) is 2.17. The highest BCUT2D eigenvalue weighted by atomic mass is 32.2. The molecule has 0 saturated carbocycles. The van der Waals surface area contributed by atoms with Gasteiger partial charge >= 0.3 is 0 Å². The molecule has 1 unspecified atom stereocenters. The van der Waals surface area contributed by atoms with Crippen molar-refractivity contribution < 1.29 is 4.79 Å². The quantitative estimate of drug-likeness (QED) is 0.856. The van der Waals surface area contributed by atoms with Crippen molar-refractivity contribution in [2.75, 3.05) is 38.8 Å². The summed E-state index contributed by atoms with van der Waals surface area (Å²) >= 11 is 1.79. The van der Waals surface area contributed by atoms with Crippen molar-refractivity contribution in [2.45, 2.75) is 12.6 Å². The van der Waals surface area contributed by atoms with Gasteiger partial charge in [0.15, 0.2) is 0 Å². The molecule has 1 N–H and O–H groups in total. The van der Waals surface area contributed by atoms with Crippen LogP contribution in [0.15, 0.2) is 30.3 Å². The average molecular weight is 293 g/mol. The van der Waals surface area contributed by atoms with Gasteiger partial charge in [-0.2, -0.15) is 0 Å². The highest BCUT2D eigenvalue weighted by Crippen LogP contribution is 2.14. The predicted octanol–water partition coefficient (Wildman–Crippen LogP) is 1.24. The van der Waals surface area contributed by atoms with Crippen LogP contribution >= 0.6 is 11.8 Å². The number of carbonyl (C=O) groups is 1. The molecular weight excluding hydrogens is 270 g/mol. The zero-order chi connectivity index (χ0) is 14.4. The average Bonchev–Trinajstić information content (AvgIpc) is 2.97. The van der Waals surface area contributed by atoms with Crippen LogP contribution in [0.4, 0.5) is 0 Å². The number of thioether (sulfide) groups is 1. The second-order valence-electron chi connectivity index (χ2n) is 5.32. The van der Waals surface area contributed by atoms with E-state index in [1.807, 2.05) is 37.2 Å². The van der Waals surface area contributed by atoms with Crippen molar-refractivity contribution >= 4 is 17.7 Å². The third kappa shape index (κ3) is 4.51. The molecule has 20 heavy (non-hydrogen) atoms. The summed E-state index contributed by atoms with van der Waals surface area (Å²) in [5.41, 5.74) is 1.19. The zero-order valence-electron chi connectivity index (χ0n) is 12.2. The second-order valence-corrected chi connectivity index (χ2v) is 6.35. The summed E-state index contributed by atoms with van der Waals surface area (Å²) in [6.45, 7) is 2.35. The van der Waals surface area contributed by atoms with Gasteiger partial charge in [-0.05, 0) is 19.7 Å². The summed E-state index contributed by atoms with van der Waals surface area (Å²) in [5, 5.41) is 3.27. The predicted molar refractivity (Wildman–Crippen MR) is 84.7 cm³/mol. The Labute approximate surface area is 125 Å². The van der Waals surface area contributed by atoms with Gasteiger partial charge in [0, 0.05) is 31.3 Å². The van der Waals surface area contributed by atoms with E-state index in [-0.39, 0.29) is 11.9 Å². The van der Waals surface area contributed by atoms with Crippen molar-refractivity contribution in [1.82, 2.24) is 15.1 Å². The Balaban J connectivity index is 2.01. The zero-order valence-corrected chi connectivity index (χ0v) is 13.0. The first kappa shape index (κ1) is 15.4. The van der Waals surface area contributed by atoms with Gasteiger partial charge in [0.05, 0.1) is 6.04 Å². The van der Waals surface area contributed by atoms with Crippen LogP contribution in [0, 0.1) is 0 Å². The van der Waals surface area contributed by atoms with Gasteiger partial charge in [-0.15, -0.1) is 11.8 Å². The van der Waals surface area contributed by atoms with E-state index >= 15 is 0 Å². The normalized spacial score (nSPS) is 18.4. The number of hydrogen-bond acceptors (Lipinski definition) is 4. The van der Waals surface area contributed by atoms with Crippen molar-refractivity contribution in [2.24, 2.45) is 0 Å². The summed E-state index contributed by atoms with van der Waals surface area (Å²) in [6, 6.07) is 10.2. The van der Waals surface area contributed by atoms with Crippen LogP contribution in [0.5, 0.6) is 0 Å². The molecule has 0 bridgehead atoms. The summed E-state index contributed by atoms with van der Waals surface area (Å²) in [4.78, 5) is 16.7. The van der Waals surface area contributed by atoms with E-state index in [1.165, 1.54) is 5.56 Å². The Morgan fingerprint density at radius 3 is 2.65 bits per heavy atom. The molecule has 1 fully saturated rings. The van der Waals surface area contributed by atoms with E-state index in [1.54, 1.807) is 11.8 Å². The fraction of sp³-hybridized carbons (Fsp3) is 0.533. The number of benzene rings is 1. The minimum atomic E-state index is -0.0223. The molecule has 5 heteroatoms. The maximum Gasteiger partial charge on any atom is 0.240 e. The SMILES string of the molecule is CN(C)CCN(Cc1ccccc1)C(=O)C1CSCN1. The van der Waals surface area contributed by atoms with Crippen LogP contribution < -0.4 is 5.32 Å². The van der Waals surface area contributed by atoms with Crippen LogP contribution in [0.2, 0.25) is 0 Å². The number of amides is 1. The van der Waals surface area contributed by atoms with Crippen molar-refractivity contribution in [3.63, 3.8) is 0 Å². The topological polar surface area (TPSA) is 35.6 Å². The molecule has 1 aromatic rings. The van der Waals surface area contributed by atoms with E-state index in [9.17, 15) is 4.79 Å². The Bertz CT molecular complexity index is 418. The molecule has 1 aliphatic heterocycles. The molecule has 1 saturated heterocycles. The Hall–Kier alpha value is -1.04. The fourth-order valence-corrected chi connectivity index (χ4v) is 3.10. The van der Waals surface area contributed by atoms with Gasteiger partial charge in [-0.1, -0.05) is 30.3 Å². The molecule has 0 aromatic heterocycles. The van der Waals surface area contributed by atoms with Crippen LogP contribution in [0.25, 0.3) is 0 Å². The van der Waals surface area contributed by atoms with Crippen LogP contribution in [-0.2, 0) is 11.3 Å². The van der Waals surface area contributed by atoms with E-state index in [0.29, 0.717) is 6.54 Å². The van der Waals surface area contributed by atoms with Gasteiger partial charge in [0.25, 0.3) is 0 Å². The minimum Gasteiger partial charge on any atom is -0.336 e. The van der Waals surface area contributed by atoms with Crippen molar-refractivity contribution in [3.05, 3.63) is 35.9 Å². The van der Waals surface area contributed by atoms with E-state index in [4.69, 9.17) is 0 Å². The third-order valence-electron chi connectivity index (χ3n) is 3.36. The Morgan fingerprint density at radius 1 is 1.30 bits per heavy atom. The number of nitrogens with one attached hydrogen (secondary N) is 1. The summed E-state index contributed by atoms with van der Waals surface area (Å²) in [7, 11) is 4.07. The highest BCUT2D eigenvalue weighted by Gasteiger charge is 2.27. The Morgan fingerprint density at radius 2 is 2.05 bits per heavy atom. The van der Waals surface area contributed by atoms with E-state index in [0.717, 1.165) is 24.7 Å². The van der Waals surface area contributed by atoms with Gasteiger partial charge < -0.3 is 9.80 Å². The molecule has 1 heterocycles. The Kier molecular flexibility index (Phi) is 5.88.